The molecule has 0 fully saturated rings. The SMILES string of the molecule is C=CCn1c(=S)sc2c(=O)n(CC(N)=O)cnc21. The fraction of sp³-hybridized carbons (Fsp3) is 0.200. The summed E-state index contributed by atoms with van der Waals surface area (Å²) < 4.78 is 3.86. The molecule has 1 amide bonds. The Morgan fingerprint density at radius 1 is 1.67 bits per heavy atom. The normalized spacial score (nSPS) is 10.7. The molecule has 0 aliphatic heterocycles. The van der Waals surface area contributed by atoms with Gasteiger partial charge in [0, 0.05) is 6.54 Å². The zero-order valence-electron chi connectivity index (χ0n) is 9.33. The van der Waals surface area contributed by atoms with Crippen LogP contribution in [-0.2, 0) is 17.9 Å². The number of allylic oxidation sites excluding steroid dienone is 1. The van der Waals surface area contributed by atoms with E-state index in [1.54, 1.807) is 10.6 Å². The third kappa shape index (κ3) is 2.12. The van der Waals surface area contributed by atoms with Crippen LogP contribution < -0.4 is 11.3 Å². The Labute approximate surface area is 111 Å². The first-order chi connectivity index (χ1) is 8.54. The van der Waals surface area contributed by atoms with Gasteiger partial charge in [-0.25, -0.2) is 4.98 Å². The average molecular weight is 282 g/mol. The van der Waals surface area contributed by atoms with E-state index in [2.05, 4.69) is 11.6 Å². The second-order valence-electron chi connectivity index (χ2n) is 3.56. The van der Waals surface area contributed by atoms with Gasteiger partial charge in [0.1, 0.15) is 17.6 Å². The predicted molar refractivity (Wildman–Crippen MR) is 72.1 cm³/mol. The van der Waals surface area contributed by atoms with Crippen molar-refractivity contribution in [1.82, 2.24) is 14.1 Å². The maximum Gasteiger partial charge on any atom is 0.273 e. The lowest BCUT2D eigenvalue weighted by Crippen LogP contribution is -2.27. The number of rotatable bonds is 4. The third-order valence-corrected chi connectivity index (χ3v) is 3.71. The molecule has 0 aliphatic carbocycles. The zero-order chi connectivity index (χ0) is 13.3. The van der Waals surface area contributed by atoms with Gasteiger partial charge >= 0.3 is 0 Å². The second kappa shape index (κ2) is 4.83. The van der Waals surface area contributed by atoms with Gasteiger partial charge in [0.2, 0.25) is 5.91 Å². The Balaban J connectivity index is 2.70. The van der Waals surface area contributed by atoms with Crippen molar-refractivity contribution in [3.8, 4) is 0 Å². The van der Waals surface area contributed by atoms with Crippen LogP contribution in [0.5, 0.6) is 0 Å². The molecule has 0 aliphatic rings. The molecule has 0 aromatic carbocycles. The van der Waals surface area contributed by atoms with Gasteiger partial charge in [0.15, 0.2) is 9.60 Å². The number of nitrogens with two attached hydrogens (primary N) is 1. The van der Waals surface area contributed by atoms with Crippen LogP contribution in [0.4, 0.5) is 0 Å². The first-order valence-electron chi connectivity index (χ1n) is 5.02. The largest absolute Gasteiger partial charge is 0.368 e. The van der Waals surface area contributed by atoms with Gasteiger partial charge in [0.05, 0.1) is 0 Å². The van der Waals surface area contributed by atoms with E-state index in [-0.39, 0.29) is 12.1 Å². The molecule has 0 atom stereocenters. The van der Waals surface area contributed by atoms with E-state index in [1.807, 2.05) is 0 Å². The van der Waals surface area contributed by atoms with E-state index in [9.17, 15) is 9.59 Å². The van der Waals surface area contributed by atoms with Crippen LogP contribution in [-0.4, -0.2) is 20.0 Å². The van der Waals surface area contributed by atoms with E-state index >= 15 is 0 Å². The zero-order valence-corrected chi connectivity index (χ0v) is 11.0. The number of primary amides is 1. The highest BCUT2D eigenvalue weighted by Gasteiger charge is 2.11. The van der Waals surface area contributed by atoms with Crippen molar-refractivity contribution < 1.29 is 4.79 Å². The molecule has 94 valence electrons. The van der Waals surface area contributed by atoms with E-state index in [4.69, 9.17) is 18.0 Å². The van der Waals surface area contributed by atoms with Crippen LogP contribution in [0.15, 0.2) is 23.8 Å². The predicted octanol–water partition coefficient (Wildman–Crippen LogP) is 0.660. The minimum atomic E-state index is -0.590. The van der Waals surface area contributed by atoms with Gasteiger partial charge in [-0.05, 0) is 12.2 Å². The number of hydrogen-bond donors (Lipinski definition) is 1. The molecule has 2 N–H and O–H groups in total. The fourth-order valence-electron chi connectivity index (χ4n) is 1.54. The van der Waals surface area contributed by atoms with Crippen molar-refractivity contribution in [2.24, 2.45) is 5.73 Å². The number of aromatic nitrogens is 3. The van der Waals surface area contributed by atoms with Gasteiger partial charge in [-0.15, -0.1) is 6.58 Å². The van der Waals surface area contributed by atoms with Crippen molar-refractivity contribution in [2.45, 2.75) is 13.1 Å². The van der Waals surface area contributed by atoms with Crippen LogP contribution in [0, 0.1) is 3.95 Å². The molecular weight excluding hydrogens is 272 g/mol. The molecule has 2 heterocycles. The minimum Gasteiger partial charge on any atom is -0.368 e. The maximum absolute atomic E-state index is 12.1. The molecule has 2 rings (SSSR count). The Hall–Kier alpha value is -1.80. The molecule has 0 spiro atoms. The summed E-state index contributed by atoms with van der Waals surface area (Å²) in [5.41, 5.74) is 5.26. The molecule has 0 saturated heterocycles. The van der Waals surface area contributed by atoms with E-state index in [1.165, 1.54) is 22.2 Å². The summed E-state index contributed by atoms with van der Waals surface area (Å²) >= 11 is 6.33. The molecule has 0 bridgehead atoms. The Morgan fingerprint density at radius 3 is 3.00 bits per heavy atom. The number of carbonyl (C=O) groups excluding carboxylic acids is 1. The molecule has 8 heteroatoms. The third-order valence-electron chi connectivity index (χ3n) is 2.28. The van der Waals surface area contributed by atoms with Crippen LogP contribution in [0.1, 0.15) is 0 Å². The van der Waals surface area contributed by atoms with Gasteiger partial charge in [-0.1, -0.05) is 17.4 Å². The molecule has 0 radical (unpaired) electrons. The summed E-state index contributed by atoms with van der Waals surface area (Å²) in [6.45, 7) is 3.93. The van der Waals surface area contributed by atoms with E-state index in [0.29, 0.717) is 20.8 Å². The molecule has 18 heavy (non-hydrogen) atoms. The fourth-order valence-corrected chi connectivity index (χ4v) is 2.86. The lowest BCUT2D eigenvalue weighted by atomic mass is 10.5. The summed E-state index contributed by atoms with van der Waals surface area (Å²) in [5.74, 6) is -0.590. The van der Waals surface area contributed by atoms with Crippen molar-refractivity contribution in [3.05, 3.63) is 33.3 Å². The highest BCUT2D eigenvalue weighted by molar-refractivity contribution is 7.73. The first kappa shape index (κ1) is 12.7. The lowest BCUT2D eigenvalue weighted by Gasteiger charge is -2.02. The summed E-state index contributed by atoms with van der Waals surface area (Å²) in [7, 11) is 0. The van der Waals surface area contributed by atoms with Crippen LogP contribution in [0.2, 0.25) is 0 Å². The highest BCUT2D eigenvalue weighted by Crippen LogP contribution is 2.17. The van der Waals surface area contributed by atoms with Crippen molar-refractivity contribution in [2.75, 3.05) is 0 Å². The maximum atomic E-state index is 12.1. The number of thiazole rings is 1. The molecule has 2 aromatic heterocycles. The second-order valence-corrected chi connectivity index (χ2v) is 5.21. The van der Waals surface area contributed by atoms with Crippen LogP contribution in [0.3, 0.4) is 0 Å². The van der Waals surface area contributed by atoms with Crippen molar-refractivity contribution in [1.29, 1.82) is 0 Å². The van der Waals surface area contributed by atoms with Gasteiger partial charge < -0.3 is 10.3 Å². The monoisotopic (exact) mass is 282 g/mol. The Morgan fingerprint density at radius 2 is 2.39 bits per heavy atom. The van der Waals surface area contributed by atoms with Crippen LogP contribution in [0.25, 0.3) is 10.3 Å². The highest BCUT2D eigenvalue weighted by atomic mass is 32.1. The smallest absolute Gasteiger partial charge is 0.273 e. The summed E-state index contributed by atoms with van der Waals surface area (Å²) in [6.07, 6.45) is 2.98. The van der Waals surface area contributed by atoms with Crippen molar-refractivity contribution in [3.63, 3.8) is 0 Å². The van der Waals surface area contributed by atoms with Crippen LogP contribution >= 0.6 is 23.6 Å². The van der Waals surface area contributed by atoms with Gasteiger partial charge in [0.25, 0.3) is 5.56 Å². The minimum absolute atomic E-state index is 0.187. The molecule has 6 nitrogen and oxygen atoms in total. The molecular formula is C10H10N4O2S2. The standard InChI is InChI=1S/C10H10N4O2S2/c1-2-3-14-8-7(18-10(14)17)9(16)13(5-12-8)4-6(11)15/h2,5H,1,3-4H2,(H2,11,15). The quantitative estimate of drug-likeness (QED) is 0.659. The molecule has 0 unspecified atom stereocenters. The molecule has 2 aromatic rings. The van der Waals surface area contributed by atoms with Crippen molar-refractivity contribution >= 4 is 39.8 Å². The molecule has 0 saturated carbocycles. The van der Waals surface area contributed by atoms with Gasteiger partial charge in [-0.3, -0.25) is 14.2 Å². The summed E-state index contributed by atoms with van der Waals surface area (Å²) in [5, 5.41) is 0. The number of carbonyl (C=O) groups is 1. The van der Waals surface area contributed by atoms with E-state index in [0.717, 1.165) is 0 Å². The lowest BCUT2D eigenvalue weighted by molar-refractivity contribution is -0.118. The van der Waals surface area contributed by atoms with E-state index < -0.39 is 5.91 Å². The first-order valence-corrected chi connectivity index (χ1v) is 6.25. The topological polar surface area (TPSA) is 82.9 Å². The number of fused-ring (bicyclic) bond motifs is 1. The Bertz CT molecular complexity index is 740. The number of amides is 1. The van der Waals surface area contributed by atoms with Gasteiger partial charge in [-0.2, -0.15) is 0 Å². The summed E-state index contributed by atoms with van der Waals surface area (Å²) in [4.78, 5) is 27.1. The Kier molecular flexibility index (Phi) is 3.39. The summed E-state index contributed by atoms with van der Waals surface area (Å²) in [6, 6.07) is 0. The number of nitrogens with zero attached hydrogens (tertiary/aromatic N) is 3. The number of hydrogen-bond acceptors (Lipinski definition) is 5. The average Bonchev–Trinajstić information content (AvgIpc) is 2.61.